The van der Waals surface area contributed by atoms with Gasteiger partial charge in [-0.15, -0.1) is 0 Å². The van der Waals surface area contributed by atoms with Crippen molar-refractivity contribution in [3.05, 3.63) is 61.9 Å². The van der Waals surface area contributed by atoms with Gasteiger partial charge in [0.15, 0.2) is 15.8 Å². The standard InChI is InChI=1S/C22H20BrClN2O4S2/c1-3-9-30-19-15(23)10-13(11-17(19)29-4-2)12-18-21(28)26(22(31)32-18)25-20(27)14-7-5-6-8-16(14)24/h5-8,10-12H,3-4,9H2,1-2H3,(H,25,27)/b18-12-. The first-order chi connectivity index (χ1) is 15.3. The van der Waals surface area contributed by atoms with Crippen LogP contribution in [0.15, 0.2) is 45.8 Å². The van der Waals surface area contributed by atoms with Crippen molar-refractivity contribution >= 4 is 73.7 Å². The number of thiocarbonyl (C=S) groups is 1. The van der Waals surface area contributed by atoms with Crippen LogP contribution in [0.5, 0.6) is 11.5 Å². The summed E-state index contributed by atoms with van der Waals surface area (Å²) in [5.74, 6) is 0.238. The summed E-state index contributed by atoms with van der Waals surface area (Å²) < 4.78 is 12.4. The van der Waals surface area contributed by atoms with Crippen molar-refractivity contribution in [3.63, 3.8) is 0 Å². The van der Waals surface area contributed by atoms with Crippen LogP contribution >= 0.6 is 51.5 Å². The summed E-state index contributed by atoms with van der Waals surface area (Å²) in [4.78, 5) is 25.8. The van der Waals surface area contributed by atoms with Crippen LogP contribution in [0.3, 0.4) is 0 Å². The lowest BCUT2D eigenvalue weighted by Crippen LogP contribution is -2.44. The Kier molecular flexibility index (Phi) is 8.58. The number of carbonyl (C=O) groups excluding carboxylic acids is 2. The summed E-state index contributed by atoms with van der Waals surface area (Å²) in [6, 6.07) is 10.2. The minimum absolute atomic E-state index is 0.216. The molecule has 6 nitrogen and oxygen atoms in total. The number of carbonyl (C=O) groups is 2. The molecule has 0 bridgehead atoms. The second-order valence-electron chi connectivity index (χ2n) is 6.55. The molecule has 1 fully saturated rings. The van der Waals surface area contributed by atoms with Gasteiger partial charge in [0.25, 0.3) is 11.8 Å². The maximum Gasteiger partial charge on any atom is 0.285 e. The van der Waals surface area contributed by atoms with Crippen molar-refractivity contribution in [2.75, 3.05) is 13.2 Å². The van der Waals surface area contributed by atoms with Crippen LogP contribution in [0.2, 0.25) is 5.02 Å². The number of hydrogen-bond donors (Lipinski definition) is 1. The number of ether oxygens (including phenoxy) is 2. The lowest BCUT2D eigenvalue weighted by Gasteiger charge is -2.16. The van der Waals surface area contributed by atoms with Crippen molar-refractivity contribution in [3.8, 4) is 11.5 Å². The van der Waals surface area contributed by atoms with Crippen LogP contribution in [0.1, 0.15) is 36.2 Å². The number of thioether (sulfide) groups is 1. The Morgan fingerprint density at radius 3 is 2.72 bits per heavy atom. The first-order valence-corrected chi connectivity index (χ1v) is 12.2. The van der Waals surface area contributed by atoms with Gasteiger partial charge in [0.1, 0.15) is 0 Å². The van der Waals surface area contributed by atoms with E-state index in [0.717, 1.165) is 28.8 Å². The largest absolute Gasteiger partial charge is 0.490 e. The molecule has 0 aromatic heterocycles. The molecule has 2 aromatic carbocycles. The average Bonchev–Trinajstić information content (AvgIpc) is 3.01. The van der Waals surface area contributed by atoms with Crippen molar-refractivity contribution in [2.45, 2.75) is 20.3 Å². The molecule has 10 heteroatoms. The van der Waals surface area contributed by atoms with Gasteiger partial charge in [-0.2, -0.15) is 5.01 Å². The van der Waals surface area contributed by atoms with Crippen molar-refractivity contribution < 1.29 is 19.1 Å². The van der Waals surface area contributed by atoms with Gasteiger partial charge < -0.3 is 9.47 Å². The molecule has 1 N–H and O–H groups in total. The second kappa shape index (κ2) is 11.2. The summed E-state index contributed by atoms with van der Waals surface area (Å²) >= 11 is 16.0. The van der Waals surface area contributed by atoms with Gasteiger partial charge in [0.2, 0.25) is 0 Å². The van der Waals surface area contributed by atoms with Crippen molar-refractivity contribution in [1.82, 2.24) is 10.4 Å². The Hall–Kier alpha value is -2.07. The SMILES string of the molecule is CCCOc1c(Br)cc(/C=C2\SC(=S)N(NC(=O)c3ccccc3Cl)C2=O)cc1OCC. The van der Waals surface area contributed by atoms with E-state index >= 15 is 0 Å². The van der Waals surface area contributed by atoms with Crippen LogP contribution in [-0.2, 0) is 4.79 Å². The maximum atomic E-state index is 12.9. The molecule has 0 atom stereocenters. The minimum Gasteiger partial charge on any atom is -0.490 e. The van der Waals surface area contributed by atoms with E-state index in [1.807, 2.05) is 19.9 Å². The van der Waals surface area contributed by atoms with E-state index in [9.17, 15) is 9.59 Å². The molecule has 2 amide bonds. The fourth-order valence-electron chi connectivity index (χ4n) is 2.80. The zero-order valence-electron chi connectivity index (χ0n) is 17.3. The van der Waals surface area contributed by atoms with E-state index in [-0.39, 0.29) is 14.9 Å². The molecule has 32 heavy (non-hydrogen) atoms. The van der Waals surface area contributed by atoms with Crippen molar-refractivity contribution in [1.29, 1.82) is 0 Å². The average molecular weight is 556 g/mol. The number of halogens is 2. The minimum atomic E-state index is -0.521. The third kappa shape index (κ3) is 5.64. The van der Waals surface area contributed by atoms with E-state index < -0.39 is 11.8 Å². The molecule has 168 valence electrons. The molecule has 0 spiro atoms. The Bertz CT molecular complexity index is 1090. The van der Waals surface area contributed by atoms with Crippen LogP contribution in [-0.4, -0.2) is 34.4 Å². The Morgan fingerprint density at radius 1 is 1.28 bits per heavy atom. The molecular weight excluding hydrogens is 536 g/mol. The van der Waals surface area contributed by atoms with Crippen LogP contribution in [0.25, 0.3) is 6.08 Å². The molecule has 1 aliphatic heterocycles. The third-order valence-corrected chi connectivity index (χ3v) is 6.43. The Labute approximate surface area is 209 Å². The molecule has 3 rings (SSSR count). The van der Waals surface area contributed by atoms with Gasteiger partial charge in [-0.25, -0.2) is 0 Å². The van der Waals surface area contributed by atoms with Crippen molar-refractivity contribution in [2.24, 2.45) is 0 Å². The van der Waals surface area contributed by atoms with Crippen LogP contribution < -0.4 is 14.9 Å². The molecule has 0 unspecified atom stereocenters. The fourth-order valence-corrected chi connectivity index (χ4v) is 4.78. The number of nitrogens with one attached hydrogen (secondary N) is 1. The van der Waals surface area contributed by atoms with E-state index in [2.05, 4.69) is 21.4 Å². The van der Waals surface area contributed by atoms with E-state index in [1.165, 1.54) is 0 Å². The maximum absolute atomic E-state index is 12.9. The number of rotatable bonds is 8. The topological polar surface area (TPSA) is 67.9 Å². The van der Waals surface area contributed by atoms with Gasteiger partial charge in [0, 0.05) is 0 Å². The third-order valence-electron chi connectivity index (χ3n) is 4.21. The second-order valence-corrected chi connectivity index (χ2v) is 9.49. The molecule has 0 aliphatic carbocycles. The lowest BCUT2D eigenvalue weighted by molar-refractivity contribution is -0.123. The quantitative estimate of drug-likeness (QED) is 0.326. The summed E-state index contributed by atoms with van der Waals surface area (Å²) in [6.07, 6.45) is 2.56. The predicted octanol–water partition coefficient (Wildman–Crippen LogP) is 5.84. The van der Waals surface area contributed by atoms with Crippen LogP contribution in [0, 0.1) is 0 Å². The number of benzene rings is 2. The summed E-state index contributed by atoms with van der Waals surface area (Å²) in [7, 11) is 0. The Morgan fingerprint density at radius 2 is 2.03 bits per heavy atom. The molecule has 1 aliphatic rings. The molecule has 1 saturated heterocycles. The van der Waals surface area contributed by atoms with E-state index in [4.69, 9.17) is 33.3 Å². The van der Waals surface area contributed by atoms with Gasteiger partial charge >= 0.3 is 0 Å². The first-order valence-electron chi connectivity index (χ1n) is 9.78. The van der Waals surface area contributed by atoms with Crippen LogP contribution in [0.4, 0.5) is 0 Å². The predicted molar refractivity (Wildman–Crippen MR) is 135 cm³/mol. The molecular formula is C22H20BrClN2O4S2. The highest BCUT2D eigenvalue weighted by Gasteiger charge is 2.34. The summed E-state index contributed by atoms with van der Waals surface area (Å²) in [5, 5.41) is 1.33. The summed E-state index contributed by atoms with van der Waals surface area (Å²) in [5.41, 5.74) is 3.50. The molecule has 0 radical (unpaired) electrons. The highest BCUT2D eigenvalue weighted by molar-refractivity contribution is 9.10. The highest BCUT2D eigenvalue weighted by Crippen LogP contribution is 2.39. The molecule has 1 heterocycles. The highest BCUT2D eigenvalue weighted by atomic mass is 79.9. The summed E-state index contributed by atoms with van der Waals surface area (Å²) in [6.45, 7) is 4.93. The normalized spacial score (nSPS) is 14.8. The zero-order chi connectivity index (χ0) is 23.3. The van der Waals surface area contributed by atoms with E-state index in [0.29, 0.717) is 34.1 Å². The number of nitrogens with zero attached hydrogens (tertiary/aromatic N) is 1. The first kappa shape index (κ1) is 24.6. The fraction of sp³-hybridized carbons (Fsp3) is 0.227. The lowest BCUT2D eigenvalue weighted by atomic mass is 10.2. The number of hydrazine groups is 1. The van der Waals surface area contributed by atoms with E-state index in [1.54, 1.807) is 36.4 Å². The number of hydrogen-bond acceptors (Lipinski definition) is 6. The smallest absolute Gasteiger partial charge is 0.285 e. The Balaban J connectivity index is 1.84. The van der Waals surface area contributed by atoms with Gasteiger partial charge in [-0.05, 0) is 77.4 Å². The molecule has 2 aromatic rings. The molecule has 0 saturated carbocycles. The van der Waals surface area contributed by atoms with Gasteiger partial charge in [-0.1, -0.05) is 42.4 Å². The zero-order valence-corrected chi connectivity index (χ0v) is 21.3. The monoisotopic (exact) mass is 554 g/mol. The number of amides is 2. The van der Waals surface area contributed by atoms with Gasteiger partial charge in [-0.3, -0.25) is 15.0 Å². The van der Waals surface area contributed by atoms with Gasteiger partial charge in [0.05, 0.1) is 33.2 Å².